The molecule has 0 fully saturated rings. The predicted molar refractivity (Wildman–Crippen MR) is 62.6 cm³/mol. The molecular weight excluding hydrogens is 220 g/mol. The summed E-state index contributed by atoms with van der Waals surface area (Å²) in [6.07, 6.45) is 0. The van der Waals surface area contributed by atoms with Crippen molar-refractivity contribution in [1.82, 2.24) is 10.2 Å². The van der Waals surface area contributed by atoms with Crippen molar-refractivity contribution in [2.45, 2.75) is 13.8 Å². The molecule has 6 nitrogen and oxygen atoms in total. The topological polar surface area (TPSA) is 94.0 Å². The Morgan fingerprint density at radius 2 is 2.12 bits per heavy atom. The van der Waals surface area contributed by atoms with Gasteiger partial charge in [-0.2, -0.15) is 0 Å². The van der Waals surface area contributed by atoms with Gasteiger partial charge in [-0.1, -0.05) is 11.2 Å². The van der Waals surface area contributed by atoms with E-state index in [1.54, 1.807) is 32.0 Å². The summed E-state index contributed by atoms with van der Waals surface area (Å²) >= 11 is 0. The van der Waals surface area contributed by atoms with Crippen molar-refractivity contribution < 1.29 is 9.21 Å². The van der Waals surface area contributed by atoms with Crippen LogP contribution in [-0.4, -0.2) is 16.1 Å². The van der Waals surface area contributed by atoms with Crippen LogP contribution in [0.1, 0.15) is 21.8 Å². The first-order chi connectivity index (χ1) is 8.08. The lowest BCUT2D eigenvalue weighted by molar-refractivity contribution is 0.102. The number of nitrogens with zero attached hydrogens (tertiary/aromatic N) is 2. The summed E-state index contributed by atoms with van der Waals surface area (Å²) in [5, 5.41) is 9.81. The Hall–Kier alpha value is -2.37. The third-order valence-electron chi connectivity index (χ3n) is 2.37. The summed E-state index contributed by atoms with van der Waals surface area (Å²) in [5.74, 6) is 0.0723. The molecule has 1 aromatic heterocycles. The quantitative estimate of drug-likeness (QED) is 0.765. The van der Waals surface area contributed by atoms with Gasteiger partial charge in [-0.15, -0.1) is 5.10 Å². The highest BCUT2D eigenvalue weighted by atomic mass is 16.4. The molecule has 88 valence electrons. The Labute approximate surface area is 97.8 Å². The first kappa shape index (κ1) is 11.1. The fraction of sp³-hybridized carbons (Fsp3) is 0.182. The van der Waals surface area contributed by atoms with Crippen LogP contribution < -0.4 is 11.1 Å². The number of aromatic nitrogens is 2. The molecule has 0 unspecified atom stereocenters. The summed E-state index contributed by atoms with van der Waals surface area (Å²) in [4.78, 5) is 11.9. The first-order valence-corrected chi connectivity index (χ1v) is 5.04. The highest BCUT2D eigenvalue weighted by Gasteiger charge is 2.13. The number of nitrogens with two attached hydrogens (primary N) is 1. The molecule has 17 heavy (non-hydrogen) atoms. The minimum absolute atomic E-state index is 0.0781. The number of carbonyl (C=O) groups excluding carboxylic acids is 1. The number of amides is 1. The number of carbonyl (C=O) groups is 1. The van der Waals surface area contributed by atoms with Gasteiger partial charge in [0.25, 0.3) is 5.91 Å². The number of hydrogen-bond donors (Lipinski definition) is 2. The number of aryl methyl sites for hydroxylation is 1. The Kier molecular flexibility index (Phi) is 2.78. The Morgan fingerprint density at radius 1 is 1.35 bits per heavy atom. The molecule has 1 amide bonds. The summed E-state index contributed by atoms with van der Waals surface area (Å²) in [6, 6.07) is 5.22. The molecule has 0 atom stereocenters. The number of anilines is 2. The van der Waals surface area contributed by atoms with Gasteiger partial charge in [0.1, 0.15) is 0 Å². The summed E-state index contributed by atoms with van der Waals surface area (Å²) in [5.41, 5.74) is 7.50. The Balaban J connectivity index is 2.23. The minimum Gasteiger partial charge on any atom is -0.408 e. The number of nitrogens with one attached hydrogen (secondary N) is 1. The molecule has 2 rings (SSSR count). The fourth-order valence-electron chi connectivity index (χ4n) is 1.41. The zero-order valence-electron chi connectivity index (χ0n) is 9.52. The molecule has 1 heterocycles. The van der Waals surface area contributed by atoms with Gasteiger partial charge in [0.05, 0.1) is 0 Å². The third kappa shape index (κ3) is 2.25. The summed E-state index contributed by atoms with van der Waals surface area (Å²) < 4.78 is 5.06. The minimum atomic E-state index is -0.321. The summed E-state index contributed by atoms with van der Waals surface area (Å²) in [6.45, 7) is 3.43. The molecule has 6 heteroatoms. The molecule has 1 aromatic carbocycles. The van der Waals surface area contributed by atoms with Gasteiger partial charge in [0.15, 0.2) is 0 Å². The van der Waals surface area contributed by atoms with Crippen LogP contribution in [0.3, 0.4) is 0 Å². The monoisotopic (exact) mass is 232 g/mol. The highest BCUT2D eigenvalue weighted by molar-refractivity contribution is 6.04. The van der Waals surface area contributed by atoms with Gasteiger partial charge in [0.2, 0.25) is 5.89 Å². The maximum atomic E-state index is 11.9. The third-order valence-corrected chi connectivity index (χ3v) is 2.37. The van der Waals surface area contributed by atoms with Gasteiger partial charge in [-0.3, -0.25) is 10.1 Å². The van der Waals surface area contributed by atoms with Crippen LogP contribution in [0, 0.1) is 13.8 Å². The van der Waals surface area contributed by atoms with Crippen LogP contribution in [0.4, 0.5) is 11.7 Å². The van der Waals surface area contributed by atoms with Crippen LogP contribution in [0.15, 0.2) is 22.6 Å². The molecule has 0 bridgehead atoms. The zero-order valence-corrected chi connectivity index (χ0v) is 9.52. The smallest absolute Gasteiger partial charge is 0.322 e. The molecule has 0 aliphatic rings. The van der Waals surface area contributed by atoms with E-state index in [9.17, 15) is 4.79 Å². The first-order valence-electron chi connectivity index (χ1n) is 5.04. The van der Waals surface area contributed by atoms with Gasteiger partial charge in [-0.05, 0) is 24.6 Å². The lowest BCUT2D eigenvalue weighted by Gasteiger charge is -2.06. The molecule has 0 saturated heterocycles. The lowest BCUT2D eigenvalue weighted by atomic mass is 10.1. The van der Waals surface area contributed by atoms with Crippen LogP contribution in [-0.2, 0) is 0 Å². The van der Waals surface area contributed by atoms with Gasteiger partial charge in [-0.25, -0.2) is 0 Å². The van der Waals surface area contributed by atoms with E-state index in [2.05, 4.69) is 15.5 Å². The van der Waals surface area contributed by atoms with E-state index in [4.69, 9.17) is 10.2 Å². The van der Waals surface area contributed by atoms with E-state index >= 15 is 0 Å². The van der Waals surface area contributed by atoms with Crippen LogP contribution in [0.5, 0.6) is 0 Å². The second-order valence-corrected chi connectivity index (χ2v) is 3.60. The number of benzene rings is 1. The van der Waals surface area contributed by atoms with Gasteiger partial charge in [0, 0.05) is 18.2 Å². The molecule has 0 saturated carbocycles. The van der Waals surface area contributed by atoms with E-state index in [1.807, 2.05) is 0 Å². The second kappa shape index (κ2) is 4.25. The second-order valence-electron chi connectivity index (χ2n) is 3.60. The molecular formula is C11H12N4O2. The predicted octanol–water partition coefficient (Wildman–Crippen LogP) is 1.52. The van der Waals surface area contributed by atoms with Crippen molar-refractivity contribution in [3.63, 3.8) is 0 Å². The molecule has 0 aliphatic carbocycles. The maximum Gasteiger partial charge on any atom is 0.322 e. The normalized spacial score (nSPS) is 10.2. The molecule has 0 aliphatic heterocycles. The van der Waals surface area contributed by atoms with Gasteiger partial charge < -0.3 is 10.2 Å². The average molecular weight is 232 g/mol. The molecule has 0 spiro atoms. The van der Waals surface area contributed by atoms with Crippen LogP contribution >= 0.6 is 0 Å². The average Bonchev–Trinajstić information content (AvgIpc) is 2.68. The van der Waals surface area contributed by atoms with Gasteiger partial charge >= 0.3 is 6.01 Å². The van der Waals surface area contributed by atoms with Crippen molar-refractivity contribution in [1.29, 1.82) is 0 Å². The summed E-state index contributed by atoms with van der Waals surface area (Å²) in [7, 11) is 0. The maximum absolute atomic E-state index is 11.9. The SMILES string of the molecule is Cc1nnc(NC(=O)c2cccc(N)c2C)o1. The lowest BCUT2D eigenvalue weighted by Crippen LogP contribution is -2.14. The van der Waals surface area contributed by atoms with E-state index in [0.29, 0.717) is 17.1 Å². The van der Waals surface area contributed by atoms with Crippen LogP contribution in [0.2, 0.25) is 0 Å². The molecule has 3 N–H and O–H groups in total. The van der Waals surface area contributed by atoms with Crippen molar-refractivity contribution in [3.8, 4) is 0 Å². The Morgan fingerprint density at radius 3 is 2.76 bits per heavy atom. The highest BCUT2D eigenvalue weighted by Crippen LogP contribution is 2.16. The van der Waals surface area contributed by atoms with E-state index in [-0.39, 0.29) is 11.9 Å². The standard InChI is InChI=1S/C11H12N4O2/c1-6-8(4-3-5-9(6)12)10(16)13-11-15-14-7(2)17-11/h3-5H,12H2,1-2H3,(H,13,15,16). The van der Waals surface area contributed by atoms with Crippen molar-refractivity contribution in [3.05, 3.63) is 35.2 Å². The largest absolute Gasteiger partial charge is 0.408 e. The number of nitrogen functional groups attached to an aromatic ring is 1. The van der Waals surface area contributed by atoms with Crippen molar-refractivity contribution >= 4 is 17.6 Å². The Bertz CT molecular complexity index is 562. The van der Waals surface area contributed by atoms with E-state index in [0.717, 1.165) is 5.56 Å². The molecule has 0 radical (unpaired) electrons. The van der Waals surface area contributed by atoms with E-state index < -0.39 is 0 Å². The van der Waals surface area contributed by atoms with E-state index in [1.165, 1.54) is 0 Å². The van der Waals surface area contributed by atoms with Crippen molar-refractivity contribution in [2.75, 3.05) is 11.1 Å². The number of hydrogen-bond acceptors (Lipinski definition) is 5. The molecule has 2 aromatic rings. The van der Waals surface area contributed by atoms with Crippen LogP contribution in [0.25, 0.3) is 0 Å². The zero-order chi connectivity index (χ0) is 12.4. The van der Waals surface area contributed by atoms with Crippen molar-refractivity contribution in [2.24, 2.45) is 0 Å². The fourth-order valence-corrected chi connectivity index (χ4v) is 1.41. The number of rotatable bonds is 2.